The molecule has 0 spiro atoms. The number of hydrogen-bond acceptors (Lipinski definition) is 2. The molecule has 2 aromatic rings. The highest BCUT2D eigenvalue weighted by molar-refractivity contribution is 6.30. The maximum Gasteiger partial charge on any atom is 0.224 e. The fraction of sp³-hybridized carbons (Fsp3) is 0.125. The Bertz CT molecular complexity index is 635. The number of nitrogens with one attached hydrogen (secondary N) is 1. The third-order valence-corrected chi connectivity index (χ3v) is 3.09. The Morgan fingerprint density at radius 1 is 1.05 bits per heavy atom. The Hall–Kier alpha value is -2.13. The lowest BCUT2D eigenvalue weighted by Crippen LogP contribution is -2.10. The summed E-state index contributed by atoms with van der Waals surface area (Å²) in [6.07, 6.45) is 0.398. The first-order valence-electron chi connectivity index (χ1n) is 6.30. The van der Waals surface area contributed by atoms with Crippen molar-refractivity contribution in [2.75, 3.05) is 5.32 Å². The molecule has 1 N–H and O–H groups in total. The Morgan fingerprint density at radius 2 is 1.75 bits per heavy atom. The number of rotatable bonds is 4. The van der Waals surface area contributed by atoms with Gasteiger partial charge in [0.1, 0.15) is 0 Å². The zero-order chi connectivity index (χ0) is 14.5. The summed E-state index contributed by atoms with van der Waals surface area (Å²) >= 11 is 5.80. The van der Waals surface area contributed by atoms with Gasteiger partial charge in [0.15, 0.2) is 5.78 Å². The van der Waals surface area contributed by atoms with Gasteiger partial charge in [0.05, 0.1) is 0 Å². The molecule has 102 valence electrons. The SMILES string of the molecule is CCC(=O)Nc1cccc(C(=O)c2ccc(Cl)cc2)c1. The zero-order valence-corrected chi connectivity index (χ0v) is 11.8. The minimum atomic E-state index is -0.103. The van der Waals surface area contributed by atoms with Crippen molar-refractivity contribution in [1.82, 2.24) is 0 Å². The normalized spacial score (nSPS) is 10.1. The Morgan fingerprint density at radius 3 is 2.40 bits per heavy atom. The van der Waals surface area contributed by atoms with Gasteiger partial charge in [-0.25, -0.2) is 0 Å². The third kappa shape index (κ3) is 3.45. The molecule has 0 aliphatic rings. The molecule has 0 atom stereocenters. The highest BCUT2D eigenvalue weighted by Gasteiger charge is 2.10. The van der Waals surface area contributed by atoms with E-state index in [0.717, 1.165) is 0 Å². The number of halogens is 1. The van der Waals surface area contributed by atoms with E-state index in [0.29, 0.717) is 28.3 Å². The van der Waals surface area contributed by atoms with Crippen molar-refractivity contribution in [1.29, 1.82) is 0 Å². The number of amides is 1. The predicted molar refractivity (Wildman–Crippen MR) is 80.2 cm³/mol. The van der Waals surface area contributed by atoms with Crippen molar-refractivity contribution in [3.8, 4) is 0 Å². The summed E-state index contributed by atoms with van der Waals surface area (Å²) < 4.78 is 0. The van der Waals surface area contributed by atoms with E-state index in [1.165, 1.54) is 0 Å². The number of hydrogen-bond donors (Lipinski definition) is 1. The van der Waals surface area contributed by atoms with E-state index in [1.54, 1.807) is 55.5 Å². The van der Waals surface area contributed by atoms with Crippen LogP contribution in [0.1, 0.15) is 29.3 Å². The molecule has 0 unspecified atom stereocenters. The smallest absolute Gasteiger partial charge is 0.224 e. The summed E-state index contributed by atoms with van der Waals surface area (Å²) in [5.41, 5.74) is 1.71. The summed E-state index contributed by atoms with van der Waals surface area (Å²) in [4.78, 5) is 23.7. The molecule has 0 aliphatic carbocycles. The summed E-state index contributed by atoms with van der Waals surface area (Å²) in [5, 5.41) is 3.32. The second-order valence-corrected chi connectivity index (χ2v) is 4.75. The molecule has 0 heterocycles. The van der Waals surface area contributed by atoms with Crippen molar-refractivity contribution in [2.45, 2.75) is 13.3 Å². The van der Waals surface area contributed by atoms with E-state index in [1.807, 2.05) is 0 Å². The van der Waals surface area contributed by atoms with Gasteiger partial charge < -0.3 is 5.32 Å². The highest BCUT2D eigenvalue weighted by atomic mass is 35.5. The first kappa shape index (κ1) is 14.3. The number of ketones is 1. The van der Waals surface area contributed by atoms with Crippen molar-refractivity contribution < 1.29 is 9.59 Å². The molecule has 0 aliphatic heterocycles. The minimum absolute atomic E-state index is 0.0823. The summed E-state index contributed by atoms with van der Waals surface area (Å²) in [6, 6.07) is 13.6. The van der Waals surface area contributed by atoms with Crippen LogP contribution in [0.4, 0.5) is 5.69 Å². The molecule has 1 amide bonds. The van der Waals surface area contributed by atoms with Crippen LogP contribution in [-0.2, 0) is 4.79 Å². The van der Waals surface area contributed by atoms with Crippen LogP contribution < -0.4 is 5.32 Å². The number of carbonyl (C=O) groups excluding carboxylic acids is 2. The van der Waals surface area contributed by atoms with Gasteiger partial charge >= 0.3 is 0 Å². The molecule has 2 rings (SSSR count). The van der Waals surface area contributed by atoms with Crippen LogP contribution in [0.5, 0.6) is 0 Å². The second kappa shape index (κ2) is 6.35. The first-order chi connectivity index (χ1) is 9.60. The molecule has 0 saturated carbocycles. The van der Waals surface area contributed by atoms with E-state index in [2.05, 4.69) is 5.32 Å². The average Bonchev–Trinajstić information content (AvgIpc) is 2.47. The van der Waals surface area contributed by atoms with E-state index in [4.69, 9.17) is 11.6 Å². The van der Waals surface area contributed by atoms with Crippen LogP contribution in [0.3, 0.4) is 0 Å². The maximum absolute atomic E-state index is 12.3. The van der Waals surface area contributed by atoms with Crippen LogP contribution in [0.15, 0.2) is 48.5 Å². The number of carbonyl (C=O) groups is 2. The fourth-order valence-corrected chi connectivity index (χ4v) is 1.88. The van der Waals surface area contributed by atoms with Crippen LogP contribution in [-0.4, -0.2) is 11.7 Å². The van der Waals surface area contributed by atoms with Crippen LogP contribution in [0.25, 0.3) is 0 Å². The summed E-state index contributed by atoms with van der Waals surface area (Å²) in [5.74, 6) is -0.185. The molecular weight excluding hydrogens is 274 g/mol. The molecule has 0 saturated heterocycles. The Balaban J connectivity index is 2.24. The van der Waals surface area contributed by atoms with Gasteiger partial charge in [-0.1, -0.05) is 30.7 Å². The number of benzene rings is 2. The van der Waals surface area contributed by atoms with Gasteiger partial charge in [-0.05, 0) is 36.4 Å². The third-order valence-electron chi connectivity index (χ3n) is 2.84. The molecule has 20 heavy (non-hydrogen) atoms. The monoisotopic (exact) mass is 287 g/mol. The largest absolute Gasteiger partial charge is 0.326 e. The van der Waals surface area contributed by atoms with Gasteiger partial charge in [0.25, 0.3) is 0 Å². The fourth-order valence-electron chi connectivity index (χ4n) is 1.76. The maximum atomic E-state index is 12.3. The zero-order valence-electron chi connectivity index (χ0n) is 11.0. The summed E-state index contributed by atoms with van der Waals surface area (Å²) in [7, 11) is 0. The van der Waals surface area contributed by atoms with E-state index in [-0.39, 0.29) is 11.7 Å². The lowest BCUT2D eigenvalue weighted by Gasteiger charge is -2.06. The lowest BCUT2D eigenvalue weighted by atomic mass is 10.0. The quantitative estimate of drug-likeness (QED) is 0.866. The van der Waals surface area contributed by atoms with Gasteiger partial charge in [-0.15, -0.1) is 0 Å². The van der Waals surface area contributed by atoms with Crippen molar-refractivity contribution >= 4 is 29.0 Å². The molecule has 0 aromatic heterocycles. The number of anilines is 1. The van der Waals surface area contributed by atoms with Crippen molar-refractivity contribution in [3.05, 3.63) is 64.7 Å². The van der Waals surface area contributed by atoms with E-state index in [9.17, 15) is 9.59 Å². The van der Waals surface area contributed by atoms with Crippen molar-refractivity contribution in [3.63, 3.8) is 0 Å². The molecule has 0 bridgehead atoms. The van der Waals surface area contributed by atoms with Crippen LogP contribution >= 0.6 is 11.6 Å². The molecule has 0 fully saturated rings. The Labute approximate surface area is 122 Å². The van der Waals surface area contributed by atoms with Gasteiger partial charge in [0.2, 0.25) is 5.91 Å². The topological polar surface area (TPSA) is 46.2 Å². The lowest BCUT2D eigenvalue weighted by molar-refractivity contribution is -0.115. The van der Waals surface area contributed by atoms with E-state index >= 15 is 0 Å². The molecule has 3 nitrogen and oxygen atoms in total. The highest BCUT2D eigenvalue weighted by Crippen LogP contribution is 2.17. The van der Waals surface area contributed by atoms with Gasteiger partial charge in [-0.2, -0.15) is 0 Å². The summed E-state index contributed by atoms with van der Waals surface area (Å²) in [6.45, 7) is 1.78. The average molecular weight is 288 g/mol. The van der Waals surface area contributed by atoms with Crippen molar-refractivity contribution in [2.24, 2.45) is 0 Å². The molecule has 0 radical (unpaired) electrons. The molecule has 2 aromatic carbocycles. The van der Waals surface area contributed by atoms with Crippen LogP contribution in [0, 0.1) is 0 Å². The first-order valence-corrected chi connectivity index (χ1v) is 6.68. The van der Waals surface area contributed by atoms with Gasteiger partial charge in [-0.3, -0.25) is 9.59 Å². The Kier molecular flexibility index (Phi) is 4.53. The standard InChI is InChI=1S/C16H14ClNO2/c1-2-15(19)18-14-5-3-4-12(10-14)16(20)11-6-8-13(17)9-7-11/h3-10H,2H2,1H3,(H,18,19). The van der Waals surface area contributed by atoms with Crippen LogP contribution in [0.2, 0.25) is 5.02 Å². The second-order valence-electron chi connectivity index (χ2n) is 4.32. The van der Waals surface area contributed by atoms with Gasteiger partial charge in [0, 0.05) is 28.3 Å². The minimum Gasteiger partial charge on any atom is -0.326 e. The molecule has 4 heteroatoms. The predicted octanol–water partition coefficient (Wildman–Crippen LogP) is 3.92. The molecular formula is C16H14ClNO2. The van der Waals surface area contributed by atoms with E-state index < -0.39 is 0 Å².